The molecule has 5 rings (SSSR count). The molecule has 0 unspecified atom stereocenters. The SMILES string of the molecule is Cc1nc(-c2ccc(Oc3cc4c(cc3CO)nc(-c3ccccn3)n4COCC[Si](C)(C)C)cn2)no1. The molecule has 0 saturated carbocycles. The molecule has 4 aromatic heterocycles. The lowest BCUT2D eigenvalue weighted by molar-refractivity contribution is 0.0909. The Hall–Kier alpha value is -3.93. The van der Waals surface area contributed by atoms with E-state index in [0.717, 1.165) is 22.8 Å². The summed E-state index contributed by atoms with van der Waals surface area (Å²) in [6.07, 6.45) is 3.33. The molecule has 38 heavy (non-hydrogen) atoms. The van der Waals surface area contributed by atoms with Gasteiger partial charge in [0.1, 0.15) is 29.6 Å². The number of rotatable bonds is 10. The van der Waals surface area contributed by atoms with E-state index in [9.17, 15) is 5.11 Å². The van der Waals surface area contributed by atoms with Gasteiger partial charge in [-0.2, -0.15) is 4.98 Å². The molecule has 0 spiro atoms. The molecular formula is C27H30N6O4Si. The molecule has 0 aliphatic rings. The van der Waals surface area contributed by atoms with Crippen LogP contribution in [0.3, 0.4) is 0 Å². The number of aromatic nitrogens is 6. The molecule has 5 aromatic rings. The van der Waals surface area contributed by atoms with E-state index < -0.39 is 8.07 Å². The lowest BCUT2D eigenvalue weighted by Crippen LogP contribution is -2.22. The van der Waals surface area contributed by atoms with Crippen molar-refractivity contribution in [1.29, 1.82) is 0 Å². The smallest absolute Gasteiger partial charge is 0.223 e. The number of nitrogens with zero attached hydrogens (tertiary/aromatic N) is 6. The first-order chi connectivity index (χ1) is 18.3. The Morgan fingerprint density at radius 3 is 2.55 bits per heavy atom. The standard InChI is InChI=1S/C27H30N6O4Si/c1-18-30-26(32-37-18)21-9-8-20(15-29-21)36-25-14-24-23(13-19(25)16-34)31-27(22-7-5-6-10-28-22)33(24)17-35-11-12-38(2,3)4/h5-10,13-15,34H,11-12,16-17H2,1-4H3. The van der Waals surface area contributed by atoms with Crippen LogP contribution >= 0.6 is 0 Å². The number of imidazole rings is 1. The van der Waals surface area contributed by atoms with Crippen molar-refractivity contribution in [3.63, 3.8) is 0 Å². The van der Waals surface area contributed by atoms with Gasteiger partial charge < -0.3 is 19.1 Å². The molecule has 0 fully saturated rings. The minimum atomic E-state index is -1.23. The highest BCUT2D eigenvalue weighted by atomic mass is 28.3. The van der Waals surface area contributed by atoms with Gasteiger partial charge in [-0.1, -0.05) is 30.9 Å². The number of pyridine rings is 2. The fourth-order valence-electron chi connectivity index (χ4n) is 3.87. The number of fused-ring (bicyclic) bond motifs is 1. The number of benzene rings is 1. The van der Waals surface area contributed by atoms with E-state index in [1.165, 1.54) is 0 Å². The Kier molecular flexibility index (Phi) is 7.32. The topological polar surface area (TPSA) is 121 Å². The Balaban J connectivity index is 1.48. The summed E-state index contributed by atoms with van der Waals surface area (Å²) in [7, 11) is -1.23. The van der Waals surface area contributed by atoms with Gasteiger partial charge in [-0.05, 0) is 36.4 Å². The van der Waals surface area contributed by atoms with E-state index >= 15 is 0 Å². The summed E-state index contributed by atoms with van der Waals surface area (Å²) < 4.78 is 19.3. The van der Waals surface area contributed by atoms with Gasteiger partial charge in [-0.15, -0.1) is 0 Å². The number of aliphatic hydroxyl groups excluding tert-OH is 1. The summed E-state index contributed by atoms with van der Waals surface area (Å²) in [6, 6.07) is 14.0. The van der Waals surface area contributed by atoms with E-state index in [2.05, 4.69) is 39.7 Å². The van der Waals surface area contributed by atoms with Crippen LogP contribution in [0.15, 0.2) is 59.4 Å². The molecule has 0 radical (unpaired) electrons. The highest BCUT2D eigenvalue weighted by Gasteiger charge is 2.19. The lowest BCUT2D eigenvalue weighted by Gasteiger charge is -2.16. The average molecular weight is 531 g/mol. The Morgan fingerprint density at radius 1 is 1.03 bits per heavy atom. The fourth-order valence-corrected chi connectivity index (χ4v) is 4.63. The van der Waals surface area contributed by atoms with Crippen LogP contribution in [0, 0.1) is 6.92 Å². The third-order valence-corrected chi connectivity index (χ3v) is 7.64. The van der Waals surface area contributed by atoms with Crippen molar-refractivity contribution in [3.05, 3.63) is 66.3 Å². The summed E-state index contributed by atoms with van der Waals surface area (Å²) in [5, 5.41) is 14.0. The molecule has 4 heterocycles. The third kappa shape index (κ3) is 5.80. The maximum atomic E-state index is 10.1. The van der Waals surface area contributed by atoms with Crippen molar-refractivity contribution in [1.82, 2.24) is 29.7 Å². The second-order valence-electron chi connectivity index (χ2n) is 10.2. The van der Waals surface area contributed by atoms with E-state index in [1.807, 2.05) is 34.9 Å². The number of aryl methyl sites for hydroxylation is 1. The Labute approximate surface area is 221 Å². The van der Waals surface area contributed by atoms with Gasteiger partial charge in [0.05, 0.1) is 23.8 Å². The Morgan fingerprint density at radius 2 is 1.89 bits per heavy atom. The van der Waals surface area contributed by atoms with Crippen LogP contribution in [0.2, 0.25) is 25.7 Å². The van der Waals surface area contributed by atoms with Crippen molar-refractivity contribution in [3.8, 4) is 34.5 Å². The fraction of sp³-hybridized carbons (Fsp3) is 0.296. The first-order valence-electron chi connectivity index (χ1n) is 12.4. The summed E-state index contributed by atoms with van der Waals surface area (Å²) in [5.41, 5.74) is 3.45. The van der Waals surface area contributed by atoms with Crippen LogP contribution in [0.1, 0.15) is 11.5 Å². The molecule has 0 bridgehead atoms. The maximum Gasteiger partial charge on any atom is 0.223 e. The second kappa shape index (κ2) is 10.8. The highest BCUT2D eigenvalue weighted by Crippen LogP contribution is 2.33. The van der Waals surface area contributed by atoms with Crippen LogP contribution in [0.5, 0.6) is 11.5 Å². The van der Waals surface area contributed by atoms with Crippen molar-refractivity contribution < 1.29 is 19.1 Å². The van der Waals surface area contributed by atoms with Crippen LogP contribution in [-0.4, -0.2) is 49.4 Å². The summed E-state index contributed by atoms with van der Waals surface area (Å²) >= 11 is 0. The number of hydrogen-bond donors (Lipinski definition) is 1. The molecule has 0 atom stereocenters. The minimum Gasteiger partial charge on any atom is -0.455 e. The predicted molar refractivity (Wildman–Crippen MR) is 145 cm³/mol. The zero-order valence-corrected chi connectivity index (χ0v) is 22.9. The average Bonchev–Trinajstić information content (AvgIpc) is 3.50. The molecule has 196 valence electrons. The second-order valence-corrected chi connectivity index (χ2v) is 15.8. The maximum absolute atomic E-state index is 10.1. The van der Waals surface area contributed by atoms with E-state index in [4.69, 9.17) is 19.0 Å². The van der Waals surface area contributed by atoms with Crippen LogP contribution < -0.4 is 4.74 Å². The highest BCUT2D eigenvalue weighted by molar-refractivity contribution is 6.76. The zero-order chi connectivity index (χ0) is 26.7. The first-order valence-corrected chi connectivity index (χ1v) is 16.1. The monoisotopic (exact) mass is 530 g/mol. The first kappa shape index (κ1) is 25.7. The molecule has 1 N–H and O–H groups in total. The van der Waals surface area contributed by atoms with Gasteiger partial charge in [0.25, 0.3) is 0 Å². The van der Waals surface area contributed by atoms with Gasteiger partial charge in [-0.25, -0.2) is 9.97 Å². The predicted octanol–water partition coefficient (Wildman–Crippen LogP) is 5.45. The van der Waals surface area contributed by atoms with Crippen molar-refractivity contribution >= 4 is 19.1 Å². The Bertz CT molecular complexity index is 1530. The number of aliphatic hydroxyl groups is 1. The molecule has 0 aliphatic heterocycles. The number of hydrogen-bond acceptors (Lipinski definition) is 9. The van der Waals surface area contributed by atoms with E-state index in [1.54, 1.807) is 31.5 Å². The summed E-state index contributed by atoms with van der Waals surface area (Å²) in [6.45, 7) is 9.49. The summed E-state index contributed by atoms with van der Waals surface area (Å²) in [4.78, 5) is 17.9. The molecule has 1 aromatic carbocycles. The third-order valence-electron chi connectivity index (χ3n) is 5.93. The van der Waals surface area contributed by atoms with Crippen LogP contribution in [-0.2, 0) is 18.1 Å². The van der Waals surface area contributed by atoms with Gasteiger partial charge >= 0.3 is 0 Å². The normalized spacial score (nSPS) is 11.8. The van der Waals surface area contributed by atoms with Crippen LogP contribution in [0.4, 0.5) is 0 Å². The minimum absolute atomic E-state index is 0.211. The van der Waals surface area contributed by atoms with Gasteiger partial charge in [0.2, 0.25) is 11.7 Å². The molecule has 11 heteroatoms. The number of ether oxygens (including phenoxy) is 2. The van der Waals surface area contributed by atoms with Crippen LogP contribution in [0.25, 0.3) is 34.1 Å². The summed E-state index contributed by atoms with van der Waals surface area (Å²) in [5.74, 6) is 2.57. The van der Waals surface area contributed by atoms with Gasteiger partial charge in [0.15, 0.2) is 5.82 Å². The molecule has 0 aliphatic carbocycles. The molecule has 0 saturated heterocycles. The van der Waals surface area contributed by atoms with E-state index in [-0.39, 0.29) is 6.61 Å². The molecular weight excluding hydrogens is 500 g/mol. The van der Waals surface area contributed by atoms with Crippen molar-refractivity contribution in [2.24, 2.45) is 0 Å². The van der Waals surface area contributed by atoms with Gasteiger partial charge in [0, 0.05) is 39.4 Å². The van der Waals surface area contributed by atoms with E-state index in [0.29, 0.717) is 53.6 Å². The quantitative estimate of drug-likeness (QED) is 0.186. The molecule has 0 amide bonds. The largest absolute Gasteiger partial charge is 0.455 e. The lowest BCUT2D eigenvalue weighted by atomic mass is 10.2. The van der Waals surface area contributed by atoms with Gasteiger partial charge in [-0.3, -0.25) is 9.55 Å². The van der Waals surface area contributed by atoms with Crippen molar-refractivity contribution in [2.75, 3.05) is 6.61 Å². The van der Waals surface area contributed by atoms with Crippen molar-refractivity contribution in [2.45, 2.75) is 45.9 Å². The zero-order valence-electron chi connectivity index (χ0n) is 21.9. The molecule has 10 nitrogen and oxygen atoms in total.